The molecule has 0 aromatic heterocycles. The molecule has 2 aliphatic rings. The molecule has 3 amide bonds. The predicted octanol–water partition coefficient (Wildman–Crippen LogP) is 3.14. The zero-order valence-electron chi connectivity index (χ0n) is 17.5. The number of likely N-dealkylation sites (tertiary alicyclic amines) is 1. The smallest absolute Gasteiger partial charge is 0.255 e. The first kappa shape index (κ1) is 20.1. The molecular weight excluding hydrogens is 378 g/mol. The maximum atomic E-state index is 13.5. The second-order valence-corrected chi connectivity index (χ2v) is 8.16. The number of benzene rings is 2. The van der Waals surface area contributed by atoms with Crippen molar-refractivity contribution in [1.82, 2.24) is 9.80 Å². The van der Waals surface area contributed by atoms with Crippen molar-refractivity contribution in [3.05, 3.63) is 64.7 Å². The van der Waals surface area contributed by atoms with E-state index in [0.717, 1.165) is 42.6 Å². The van der Waals surface area contributed by atoms with E-state index in [1.54, 1.807) is 4.90 Å². The molecule has 2 heterocycles. The van der Waals surface area contributed by atoms with Crippen molar-refractivity contribution < 1.29 is 14.4 Å². The van der Waals surface area contributed by atoms with Gasteiger partial charge in [-0.05, 0) is 54.7 Å². The van der Waals surface area contributed by atoms with Gasteiger partial charge >= 0.3 is 0 Å². The van der Waals surface area contributed by atoms with Crippen molar-refractivity contribution in [1.29, 1.82) is 0 Å². The third-order valence-corrected chi connectivity index (χ3v) is 6.00. The topological polar surface area (TPSA) is 69.7 Å². The zero-order valence-corrected chi connectivity index (χ0v) is 17.5. The Morgan fingerprint density at radius 1 is 1.00 bits per heavy atom. The van der Waals surface area contributed by atoms with E-state index in [-0.39, 0.29) is 17.7 Å². The van der Waals surface area contributed by atoms with E-state index in [9.17, 15) is 14.4 Å². The van der Waals surface area contributed by atoms with E-state index in [4.69, 9.17) is 0 Å². The van der Waals surface area contributed by atoms with Gasteiger partial charge in [-0.3, -0.25) is 14.4 Å². The lowest BCUT2D eigenvalue weighted by Gasteiger charge is -2.38. The standard InChI is InChI=1S/C24H27N3O3/c1-16-7-3-4-8-21(16)23(29)27-15-19-13-20(25-17(2)28)10-9-18(19)14-22(27)24(30)26-11-5-6-12-26/h3-4,7-10,13,22H,5-6,11-12,14-15H2,1-2H3,(H,25,28)/t22-/m0/s1. The first-order valence-corrected chi connectivity index (χ1v) is 10.5. The van der Waals surface area contributed by atoms with Crippen LogP contribution in [0, 0.1) is 6.92 Å². The molecule has 1 fully saturated rings. The van der Waals surface area contributed by atoms with Crippen LogP contribution in [0.5, 0.6) is 0 Å². The average Bonchev–Trinajstić information content (AvgIpc) is 3.26. The first-order valence-electron chi connectivity index (χ1n) is 10.5. The largest absolute Gasteiger partial charge is 0.341 e. The van der Waals surface area contributed by atoms with Gasteiger partial charge < -0.3 is 15.1 Å². The quantitative estimate of drug-likeness (QED) is 0.853. The molecule has 0 saturated carbocycles. The number of amides is 3. The van der Waals surface area contributed by atoms with Gasteiger partial charge in [-0.2, -0.15) is 0 Å². The number of anilines is 1. The molecule has 0 aliphatic carbocycles. The Labute approximate surface area is 176 Å². The molecule has 2 aromatic carbocycles. The minimum atomic E-state index is -0.505. The number of carbonyl (C=O) groups is 3. The summed E-state index contributed by atoms with van der Waals surface area (Å²) in [4.78, 5) is 41.9. The molecule has 156 valence electrons. The Hall–Kier alpha value is -3.15. The molecule has 0 spiro atoms. The molecule has 1 atom stereocenters. The number of hydrogen-bond donors (Lipinski definition) is 1. The molecule has 1 saturated heterocycles. The number of nitrogens with zero attached hydrogens (tertiary/aromatic N) is 2. The molecule has 6 nitrogen and oxygen atoms in total. The van der Waals surface area contributed by atoms with Gasteiger partial charge in [0.15, 0.2) is 0 Å². The summed E-state index contributed by atoms with van der Waals surface area (Å²) in [5, 5.41) is 2.80. The van der Waals surface area contributed by atoms with Crippen LogP contribution >= 0.6 is 0 Å². The molecule has 2 aromatic rings. The van der Waals surface area contributed by atoms with Gasteiger partial charge in [0.05, 0.1) is 0 Å². The molecule has 6 heteroatoms. The number of hydrogen-bond acceptors (Lipinski definition) is 3. The molecule has 1 N–H and O–H groups in total. The fourth-order valence-electron chi connectivity index (χ4n) is 4.42. The number of aryl methyl sites for hydroxylation is 1. The van der Waals surface area contributed by atoms with E-state index in [0.29, 0.717) is 24.2 Å². The summed E-state index contributed by atoms with van der Waals surface area (Å²) in [6, 6.07) is 12.7. The van der Waals surface area contributed by atoms with E-state index in [1.807, 2.05) is 54.3 Å². The van der Waals surface area contributed by atoms with Gasteiger partial charge in [0.25, 0.3) is 5.91 Å². The zero-order chi connectivity index (χ0) is 21.3. The van der Waals surface area contributed by atoms with E-state index >= 15 is 0 Å². The summed E-state index contributed by atoms with van der Waals surface area (Å²) in [6.45, 7) is 5.25. The van der Waals surface area contributed by atoms with Crippen molar-refractivity contribution in [2.45, 2.75) is 45.7 Å². The molecular formula is C24H27N3O3. The van der Waals surface area contributed by atoms with Crippen molar-refractivity contribution in [2.24, 2.45) is 0 Å². The van der Waals surface area contributed by atoms with Gasteiger partial charge in [-0.25, -0.2) is 0 Å². The third-order valence-electron chi connectivity index (χ3n) is 6.00. The normalized spacial score (nSPS) is 18.1. The van der Waals surface area contributed by atoms with Crippen LogP contribution < -0.4 is 5.32 Å². The highest BCUT2D eigenvalue weighted by Crippen LogP contribution is 2.29. The van der Waals surface area contributed by atoms with E-state index in [2.05, 4.69) is 5.32 Å². The van der Waals surface area contributed by atoms with Crippen molar-refractivity contribution in [2.75, 3.05) is 18.4 Å². The Bertz CT molecular complexity index is 995. The highest BCUT2D eigenvalue weighted by Gasteiger charge is 2.38. The second kappa shape index (κ2) is 8.30. The van der Waals surface area contributed by atoms with Crippen molar-refractivity contribution in [3.8, 4) is 0 Å². The number of rotatable bonds is 3. The Morgan fingerprint density at radius 3 is 2.43 bits per heavy atom. The number of fused-ring (bicyclic) bond motifs is 1. The molecule has 4 rings (SSSR count). The van der Waals surface area contributed by atoms with Crippen LogP contribution in [0.1, 0.15) is 46.8 Å². The van der Waals surface area contributed by atoms with Crippen molar-refractivity contribution >= 4 is 23.4 Å². The van der Waals surface area contributed by atoms with Gasteiger partial charge in [0, 0.05) is 44.2 Å². The van der Waals surface area contributed by atoms with E-state index < -0.39 is 6.04 Å². The minimum Gasteiger partial charge on any atom is -0.341 e. The van der Waals surface area contributed by atoms with Crippen LogP contribution in [0.3, 0.4) is 0 Å². The molecule has 0 unspecified atom stereocenters. The van der Waals surface area contributed by atoms with Crippen LogP contribution in [0.4, 0.5) is 5.69 Å². The van der Waals surface area contributed by atoms with Crippen LogP contribution in [-0.2, 0) is 22.6 Å². The van der Waals surface area contributed by atoms with Gasteiger partial charge in [-0.15, -0.1) is 0 Å². The highest BCUT2D eigenvalue weighted by atomic mass is 16.2. The van der Waals surface area contributed by atoms with Crippen LogP contribution in [0.25, 0.3) is 0 Å². The minimum absolute atomic E-state index is 0.0334. The molecule has 0 bridgehead atoms. The van der Waals surface area contributed by atoms with Gasteiger partial charge in [-0.1, -0.05) is 24.3 Å². The second-order valence-electron chi connectivity index (χ2n) is 8.16. The summed E-state index contributed by atoms with van der Waals surface area (Å²) < 4.78 is 0. The lowest BCUT2D eigenvalue weighted by molar-refractivity contribution is -0.135. The molecule has 0 radical (unpaired) electrons. The predicted molar refractivity (Wildman–Crippen MR) is 115 cm³/mol. The Kier molecular flexibility index (Phi) is 5.57. The fraction of sp³-hybridized carbons (Fsp3) is 0.375. The summed E-state index contributed by atoms with van der Waals surface area (Å²) >= 11 is 0. The maximum absolute atomic E-state index is 13.5. The fourth-order valence-corrected chi connectivity index (χ4v) is 4.42. The number of nitrogens with one attached hydrogen (secondary N) is 1. The summed E-state index contributed by atoms with van der Waals surface area (Å²) in [5.41, 5.74) is 4.24. The summed E-state index contributed by atoms with van der Waals surface area (Å²) in [6.07, 6.45) is 2.52. The highest BCUT2D eigenvalue weighted by molar-refractivity contribution is 5.99. The van der Waals surface area contributed by atoms with Gasteiger partial charge in [0.1, 0.15) is 6.04 Å². The lowest BCUT2D eigenvalue weighted by Crippen LogP contribution is -2.53. The average molecular weight is 405 g/mol. The van der Waals surface area contributed by atoms with E-state index in [1.165, 1.54) is 6.92 Å². The van der Waals surface area contributed by atoms with Gasteiger partial charge in [0.2, 0.25) is 11.8 Å². The third kappa shape index (κ3) is 3.95. The monoisotopic (exact) mass is 405 g/mol. The van der Waals surface area contributed by atoms with Crippen molar-refractivity contribution in [3.63, 3.8) is 0 Å². The first-order chi connectivity index (χ1) is 14.4. The number of carbonyl (C=O) groups excluding carboxylic acids is 3. The summed E-state index contributed by atoms with van der Waals surface area (Å²) in [7, 11) is 0. The Morgan fingerprint density at radius 2 is 1.73 bits per heavy atom. The lowest BCUT2D eigenvalue weighted by atomic mass is 9.91. The van der Waals surface area contributed by atoms with Crippen LogP contribution in [0.15, 0.2) is 42.5 Å². The van der Waals surface area contributed by atoms with Crippen LogP contribution in [-0.4, -0.2) is 46.7 Å². The molecule has 30 heavy (non-hydrogen) atoms. The summed E-state index contributed by atoms with van der Waals surface area (Å²) in [5.74, 6) is -0.229. The van der Waals surface area contributed by atoms with Crippen LogP contribution in [0.2, 0.25) is 0 Å². The maximum Gasteiger partial charge on any atom is 0.255 e. The Balaban J connectivity index is 1.70. The molecule has 2 aliphatic heterocycles. The SMILES string of the molecule is CC(=O)Nc1ccc2c(c1)CN(C(=O)c1ccccc1C)[C@H](C(=O)N1CCCC1)C2.